The number of rotatable bonds is 1. The average molecular weight is 152 g/mol. The van der Waals surface area contributed by atoms with Crippen LogP contribution in [0.3, 0.4) is 0 Å². The number of carbonyl (C=O) groups is 1. The Morgan fingerprint density at radius 1 is 1.55 bits per heavy atom. The van der Waals surface area contributed by atoms with Crippen molar-refractivity contribution in [2.24, 2.45) is 0 Å². The standard InChI is InChI=1S/C7H6BFO2/c8-5-1-2-6(9)4(3-10)7(5)11/h1-3,11H,8H2. The predicted molar refractivity (Wildman–Crippen MR) is 41.6 cm³/mol. The van der Waals surface area contributed by atoms with E-state index in [-0.39, 0.29) is 11.3 Å². The molecule has 0 fully saturated rings. The molecule has 2 nitrogen and oxygen atoms in total. The van der Waals surface area contributed by atoms with Gasteiger partial charge in [0.25, 0.3) is 0 Å². The third-order valence-corrected chi connectivity index (χ3v) is 1.48. The van der Waals surface area contributed by atoms with Gasteiger partial charge < -0.3 is 5.11 Å². The second kappa shape index (κ2) is 2.74. The number of carbonyl (C=O) groups excluding carboxylic acids is 1. The summed E-state index contributed by atoms with van der Waals surface area (Å²) in [7, 11) is 1.60. The van der Waals surface area contributed by atoms with E-state index in [1.54, 1.807) is 7.85 Å². The smallest absolute Gasteiger partial charge is 0.156 e. The van der Waals surface area contributed by atoms with E-state index in [1.807, 2.05) is 0 Å². The highest BCUT2D eigenvalue weighted by atomic mass is 19.1. The van der Waals surface area contributed by atoms with Crippen LogP contribution in [0.25, 0.3) is 0 Å². The number of hydrogen-bond donors (Lipinski definition) is 1. The second-order valence-electron chi connectivity index (χ2n) is 2.24. The summed E-state index contributed by atoms with van der Waals surface area (Å²) < 4.78 is 12.6. The molecule has 0 aliphatic heterocycles. The fourth-order valence-electron chi connectivity index (χ4n) is 0.805. The molecule has 0 spiro atoms. The first-order chi connectivity index (χ1) is 5.16. The number of halogens is 1. The van der Waals surface area contributed by atoms with Crippen molar-refractivity contribution >= 4 is 19.6 Å². The summed E-state index contributed by atoms with van der Waals surface area (Å²) in [6.45, 7) is 0. The topological polar surface area (TPSA) is 37.3 Å². The van der Waals surface area contributed by atoms with E-state index in [9.17, 15) is 9.18 Å². The van der Waals surface area contributed by atoms with Crippen molar-refractivity contribution in [3.05, 3.63) is 23.5 Å². The van der Waals surface area contributed by atoms with Gasteiger partial charge in [-0.15, -0.1) is 0 Å². The first-order valence-electron chi connectivity index (χ1n) is 3.10. The molecular weight excluding hydrogens is 146 g/mol. The third kappa shape index (κ3) is 1.24. The molecule has 0 aliphatic rings. The summed E-state index contributed by atoms with van der Waals surface area (Å²) in [4.78, 5) is 10.2. The molecule has 0 aliphatic carbocycles. The van der Waals surface area contributed by atoms with Gasteiger partial charge in [0.1, 0.15) is 19.4 Å². The molecule has 56 valence electrons. The van der Waals surface area contributed by atoms with Crippen LogP contribution in [0.4, 0.5) is 4.39 Å². The SMILES string of the molecule is Bc1ccc(F)c(C=O)c1O. The summed E-state index contributed by atoms with van der Waals surface area (Å²) >= 11 is 0. The van der Waals surface area contributed by atoms with Crippen molar-refractivity contribution < 1.29 is 14.3 Å². The Bertz CT molecular complexity index is 299. The first kappa shape index (κ1) is 7.79. The van der Waals surface area contributed by atoms with E-state index in [0.717, 1.165) is 6.07 Å². The predicted octanol–water partition coefficient (Wildman–Crippen LogP) is -0.398. The Morgan fingerprint density at radius 2 is 2.18 bits per heavy atom. The molecule has 0 heterocycles. The highest BCUT2D eigenvalue weighted by Gasteiger charge is 2.07. The molecule has 0 bridgehead atoms. The van der Waals surface area contributed by atoms with Crippen molar-refractivity contribution in [2.75, 3.05) is 0 Å². The van der Waals surface area contributed by atoms with Crippen molar-refractivity contribution in [1.82, 2.24) is 0 Å². The highest BCUT2D eigenvalue weighted by molar-refractivity contribution is 6.34. The minimum Gasteiger partial charge on any atom is -0.508 e. The van der Waals surface area contributed by atoms with Crippen LogP contribution >= 0.6 is 0 Å². The average Bonchev–Trinajstić information content (AvgIpc) is 1.99. The van der Waals surface area contributed by atoms with E-state index in [0.29, 0.717) is 11.7 Å². The molecule has 1 aromatic carbocycles. The van der Waals surface area contributed by atoms with Crippen LogP contribution < -0.4 is 5.46 Å². The fourth-order valence-corrected chi connectivity index (χ4v) is 0.805. The van der Waals surface area contributed by atoms with Crippen molar-refractivity contribution in [3.8, 4) is 5.75 Å². The molecule has 0 atom stereocenters. The lowest BCUT2D eigenvalue weighted by Crippen LogP contribution is -2.06. The van der Waals surface area contributed by atoms with Crippen LogP contribution in [0.2, 0.25) is 0 Å². The second-order valence-corrected chi connectivity index (χ2v) is 2.24. The molecule has 0 radical (unpaired) electrons. The zero-order valence-corrected chi connectivity index (χ0v) is 5.97. The quantitative estimate of drug-likeness (QED) is 0.439. The zero-order valence-electron chi connectivity index (χ0n) is 5.97. The minimum atomic E-state index is -0.692. The third-order valence-electron chi connectivity index (χ3n) is 1.48. The van der Waals surface area contributed by atoms with Crippen LogP contribution in [0, 0.1) is 5.82 Å². The molecule has 0 unspecified atom stereocenters. The monoisotopic (exact) mass is 152 g/mol. The van der Waals surface area contributed by atoms with Crippen LogP contribution in [0.5, 0.6) is 5.75 Å². The van der Waals surface area contributed by atoms with Crippen LogP contribution in [0.15, 0.2) is 12.1 Å². The molecule has 0 saturated heterocycles. The molecule has 0 amide bonds. The Balaban J connectivity index is 3.40. The van der Waals surface area contributed by atoms with E-state index >= 15 is 0 Å². The van der Waals surface area contributed by atoms with E-state index < -0.39 is 5.82 Å². The van der Waals surface area contributed by atoms with Crippen molar-refractivity contribution in [2.45, 2.75) is 0 Å². The molecule has 11 heavy (non-hydrogen) atoms. The lowest BCUT2D eigenvalue weighted by molar-refractivity contribution is 0.111. The van der Waals surface area contributed by atoms with Crippen molar-refractivity contribution in [1.29, 1.82) is 0 Å². The maximum absolute atomic E-state index is 12.6. The number of aldehydes is 1. The summed E-state index contributed by atoms with van der Waals surface area (Å²) in [6, 6.07) is 2.57. The van der Waals surface area contributed by atoms with Crippen molar-refractivity contribution in [3.63, 3.8) is 0 Å². The Hall–Kier alpha value is -1.32. The summed E-state index contributed by atoms with van der Waals surface area (Å²) in [5.74, 6) is -0.969. The number of benzene rings is 1. The first-order valence-corrected chi connectivity index (χ1v) is 3.10. The van der Waals surface area contributed by atoms with Gasteiger partial charge in [-0.2, -0.15) is 0 Å². The molecule has 0 saturated carbocycles. The maximum Gasteiger partial charge on any atom is 0.156 e. The van der Waals surface area contributed by atoms with Gasteiger partial charge in [-0.25, -0.2) is 4.39 Å². The normalized spacial score (nSPS) is 9.55. The summed E-state index contributed by atoms with van der Waals surface area (Å²) in [5.41, 5.74) is 0.221. The lowest BCUT2D eigenvalue weighted by Gasteiger charge is -2.01. The molecule has 4 heteroatoms. The number of aromatic hydroxyl groups is 1. The molecule has 1 N–H and O–H groups in total. The summed E-state index contributed by atoms with van der Waals surface area (Å²) in [6.07, 6.45) is 0.303. The largest absolute Gasteiger partial charge is 0.508 e. The fraction of sp³-hybridized carbons (Fsp3) is 0. The van der Waals surface area contributed by atoms with Gasteiger partial charge in [-0.1, -0.05) is 6.07 Å². The number of phenols is 1. The van der Waals surface area contributed by atoms with Gasteiger partial charge in [0.15, 0.2) is 6.29 Å². The van der Waals surface area contributed by atoms with E-state index in [1.165, 1.54) is 6.07 Å². The lowest BCUT2D eigenvalue weighted by atomic mass is 9.93. The van der Waals surface area contributed by atoms with Gasteiger partial charge in [-0.05, 0) is 11.5 Å². The van der Waals surface area contributed by atoms with Crippen LogP contribution in [-0.2, 0) is 0 Å². The van der Waals surface area contributed by atoms with Gasteiger partial charge in [0.05, 0.1) is 5.56 Å². The van der Waals surface area contributed by atoms with Crippen LogP contribution in [-0.4, -0.2) is 19.2 Å². The van der Waals surface area contributed by atoms with Gasteiger partial charge in [0.2, 0.25) is 0 Å². The minimum absolute atomic E-state index is 0.273. The Labute approximate surface area is 64.1 Å². The Kier molecular flexibility index (Phi) is 1.94. The highest BCUT2D eigenvalue weighted by Crippen LogP contribution is 2.13. The van der Waals surface area contributed by atoms with Gasteiger partial charge in [0, 0.05) is 0 Å². The number of hydrogen-bond acceptors (Lipinski definition) is 2. The van der Waals surface area contributed by atoms with E-state index in [2.05, 4.69) is 0 Å². The van der Waals surface area contributed by atoms with Crippen LogP contribution in [0.1, 0.15) is 10.4 Å². The summed E-state index contributed by atoms with van der Waals surface area (Å²) in [5, 5.41) is 9.11. The molecule has 1 aromatic rings. The molecule has 0 aromatic heterocycles. The van der Waals surface area contributed by atoms with E-state index in [4.69, 9.17) is 5.11 Å². The Morgan fingerprint density at radius 3 is 2.64 bits per heavy atom. The van der Waals surface area contributed by atoms with Gasteiger partial charge in [-0.3, -0.25) is 4.79 Å². The molecule has 1 rings (SSSR count). The maximum atomic E-state index is 12.6. The van der Waals surface area contributed by atoms with Gasteiger partial charge >= 0.3 is 0 Å². The molecular formula is C7H6BFO2. The number of phenolic OH excluding ortho intramolecular Hbond substituents is 1. The zero-order chi connectivity index (χ0) is 8.43.